The molecule has 2 aromatic heterocycles. The quantitative estimate of drug-likeness (QED) is 0.868. The molecule has 2 aliphatic heterocycles. The molecule has 138 valence electrons. The van der Waals surface area contributed by atoms with Crippen LogP contribution in [0, 0.1) is 0 Å². The molecule has 26 heavy (non-hydrogen) atoms. The predicted octanol–water partition coefficient (Wildman–Crippen LogP) is 0.856. The summed E-state index contributed by atoms with van der Waals surface area (Å²) in [6.45, 7) is 4.86. The van der Waals surface area contributed by atoms with Crippen LogP contribution in [-0.4, -0.2) is 62.2 Å². The highest BCUT2D eigenvalue weighted by Gasteiger charge is 2.23. The molecule has 2 aromatic rings. The second-order valence-corrected chi connectivity index (χ2v) is 6.95. The average molecular weight is 356 g/mol. The summed E-state index contributed by atoms with van der Waals surface area (Å²) in [5.74, 6) is 3.60. The molecule has 0 radical (unpaired) electrons. The predicted molar refractivity (Wildman–Crippen MR) is 96.9 cm³/mol. The van der Waals surface area contributed by atoms with Gasteiger partial charge >= 0.3 is 0 Å². The van der Waals surface area contributed by atoms with Gasteiger partial charge in [-0.25, -0.2) is 9.97 Å². The van der Waals surface area contributed by atoms with E-state index >= 15 is 0 Å². The molecule has 1 amide bonds. The van der Waals surface area contributed by atoms with Crippen LogP contribution in [0.15, 0.2) is 12.4 Å². The molecule has 1 N–H and O–H groups in total. The van der Waals surface area contributed by atoms with Crippen molar-refractivity contribution >= 4 is 17.5 Å². The number of carbonyl (C=O) groups is 1. The van der Waals surface area contributed by atoms with E-state index in [4.69, 9.17) is 0 Å². The van der Waals surface area contributed by atoms with Gasteiger partial charge in [0.15, 0.2) is 5.82 Å². The molecule has 9 heteroatoms. The van der Waals surface area contributed by atoms with E-state index in [0.29, 0.717) is 13.1 Å². The van der Waals surface area contributed by atoms with E-state index in [1.807, 2.05) is 18.0 Å². The fraction of sp³-hybridized carbons (Fsp3) is 0.588. The van der Waals surface area contributed by atoms with Crippen molar-refractivity contribution in [2.75, 3.05) is 36.9 Å². The number of fused-ring (bicyclic) bond motifs is 1. The minimum atomic E-state index is -0.00813. The molecule has 1 saturated heterocycles. The van der Waals surface area contributed by atoms with Gasteiger partial charge in [0, 0.05) is 39.2 Å². The highest BCUT2D eigenvalue weighted by molar-refractivity contribution is 5.82. The van der Waals surface area contributed by atoms with E-state index in [-0.39, 0.29) is 11.9 Å². The minimum Gasteiger partial charge on any atom is -0.360 e. The number of amides is 1. The summed E-state index contributed by atoms with van der Waals surface area (Å²) in [6, 6.07) is 1.88. The number of rotatable bonds is 4. The zero-order chi connectivity index (χ0) is 18.1. The summed E-state index contributed by atoms with van der Waals surface area (Å²) in [7, 11) is 1.83. The molecule has 9 nitrogen and oxygen atoms in total. The van der Waals surface area contributed by atoms with Gasteiger partial charge in [0.2, 0.25) is 5.91 Å². The lowest BCUT2D eigenvalue weighted by molar-refractivity contribution is -0.129. The standard InChI is InChI=1S/C17H24N8O/c1-12(17-22-21-14-5-3-4-6-25(14)17)20-13-9-15(19-11-18-13)24-8-7-23(2)16(26)10-24/h9,11-12H,3-8,10H2,1-2H3,(H,18,19,20). The lowest BCUT2D eigenvalue weighted by atomic mass is 10.1. The molecule has 2 aliphatic rings. The zero-order valence-corrected chi connectivity index (χ0v) is 15.2. The Balaban J connectivity index is 1.49. The summed E-state index contributed by atoms with van der Waals surface area (Å²) in [5.41, 5.74) is 0. The molecule has 0 aliphatic carbocycles. The lowest BCUT2D eigenvalue weighted by Gasteiger charge is -2.32. The van der Waals surface area contributed by atoms with Crippen LogP contribution in [0.1, 0.15) is 37.5 Å². The molecule has 0 aromatic carbocycles. The van der Waals surface area contributed by atoms with Gasteiger partial charge in [-0.2, -0.15) is 0 Å². The molecule has 4 rings (SSSR count). The topological polar surface area (TPSA) is 92.1 Å². The van der Waals surface area contributed by atoms with Crippen LogP contribution in [0.4, 0.5) is 11.6 Å². The molecule has 0 saturated carbocycles. The van der Waals surface area contributed by atoms with Crippen molar-refractivity contribution in [3.05, 3.63) is 24.0 Å². The third kappa shape index (κ3) is 3.21. The minimum absolute atomic E-state index is 0.00813. The van der Waals surface area contributed by atoms with Gasteiger partial charge in [0.05, 0.1) is 12.6 Å². The van der Waals surface area contributed by atoms with Gasteiger partial charge in [-0.1, -0.05) is 0 Å². The number of nitrogens with one attached hydrogen (secondary N) is 1. The van der Waals surface area contributed by atoms with Crippen LogP contribution in [0.5, 0.6) is 0 Å². The van der Waals surface area contributed by atoms with Gasteiger partial charge in [-0.05, 0) is 19.8 Å². The van der Waals surface area contributed by atoms with Gasteiger partial charge < -0.3 is 19.7 Å². The van der Waals surface area contributed by atoms with Crippen molar-refractivity contribution in [1.82, 2.24) is 29.6 Å². The van der Waals surface area contributed by atoms with Gasteiger partial charge in [-0.15, -0.1) is 10.2 Å². The van der Waals surface area contributed by atoms with E-state index in [1.54, 1.807) is 4.90 Å². The number of carbonyl (C=O) groups excluding carboxylic acids is 1. The highest BCUT2D eigenvalue weighted by atomic mass is 16.2. The van der Waals surface area contributed by atoms with Crippen molar-refractivity contribution in [3.63, 3.8) is 0 Å². The van der Waals surface area contributed by atoms with E-state index in [2.05, 4.69) is 37.0 Å². The Morgan fingerprint density at radius 3 is 2.88 bits per heavy atom. The first-order chi connectivity index (χ1) is 12.6. The Kier molecular flexibility index (Phi) is 4.44. The van der Waals surface area contributed by atoms with E-state index in [9.17, 15) is 4.79 Å². The summed E-state index contributed by atoms with van der Waals surface area (Å²) < 4.78 is 2.21. The van der Waals surface area contributed by atoms with Gasteiger partial charge in [0.25, 0.3) is 0 Å². The first-order valence-corrected chi connectivity index (χ1v) is 9.11. The third-order valence-electron chi connectivity index (χ3n) is 5.07. The zero-order valence-electron chi connectivity index (χ0n) is 15.2. The molecule has 1 unspecified atom stereocenters. The maximum atomic E-state index is 11.9. The number of hydrogen-bond acceptors (Lipinski definition) is 7. The third-order valence-corrected chi connectivity index (χ3v) is 5.07. The van der Waals surface area contributed by atoms with Crippen LogP contribution in [0.3, 0.4) is 0 Å². The van der Waals surface area contributed by atoms with Crippen LogP contribution < -0.4 is 10.2 Å². The number of aryl methyl sites for hydroxylation is 1. The van der Waals surface area contributed by atoms with Crippen LogP contribution in [0.25, 0.3) is 0 Å². The van der Waals surface area contributed by atoms with Crippen LogP contribution >= 0.6 is 0 Å². The second kappa shape index (κ2) is 6.89. The SMILES string of the molecule is CC(Nc1cc(N2CCN(C)C(=O)C2)ncn1)c1nnc2n1CCCC2. The Morgan fingerprint density at radius 2 is 2.04 bits per heavy atom. The number of likely N-dealkylation sites (N-methyl/N-ethyl adjacent to an activating group) is 1. The molecule has 4 heterocycles. The number of nitrogens with zero attached hydrogens (tertiary/aromatic N) is 7. The van der Waals surface area contributed by atoms with Gasteiger partial charge in [0.1, 0.15) is 23.8 Å². The Morgan fingerprint density at radius 1 is 1.15 bits per heavy atom. The van der Waals surface area contributed by atoms with Crippen molar-refractivity contribution in [2.45, 2.75) is 38.8 Å². The maximum Gasteiger partial charge on any atom is 0.241 e. The summed E-state index contributed by atoms with van der Waals surface area (Å²) in [6.07, 6.45) is 4.88. The first-order valence-electron chi connectivity index (χ1n) is 9.11. The van der Waals surface area contributed by atoms with Crippen molar-refractivity contribution in [2.24, 2.45) is 0 Å². The van der Waals surface area contributed by atoms with Crippen molar-refractivity contribution in [3.8, 4) is 0 Å². The molecular formula is C17H24N8O. The summed E-state index contributed by atoms with van der Waals surface area (Å²) >= 11 is 0. The smallest absolute Gasteiger partial charge is 0.241 e. The normalized spacial score (nSPS) is 18.6. The fourth-order valence-electron chi connectivity index (χ4n) is 3.49. The number of hydrogen-bond donors (Lipinski definition) is 1. The van der Waals surface area contributed by atoms with Crippen molar-refractivity contribution < 1.29 is 4.79 Å². The average Bonchev–Trinajstić information content (AvgIpc) is 3.08. The molecule has 0 spiro atoms. The molecule has 1 fully saturated rings. The second-order valence-electron chi connectivity index (χ2n) is 6.95. The van der Waals surface area contributed by atoms with Gasteiger partial charge in [-0.3, -0.25) is 4.79 Å². The fourth-order valence-corrected chi connectivity index (χ4v) is 3.49. The number of aromatic nitrogens is 5. The molecule has 0 bridgehead atoms. The monoisotopic (exact) mass is 356 g/mol. The number of anilines is 2. The van der Waals surface area contributed by atoms with Crippen LogP contribution in [-0.2, 0) is 17.8 Å². The van der Waals surface area contributed by atoms with E-state index in [0.717, 1.165) is 42.8 Å². The molecular weight excluding hydrogens is 332 g/mol. The van der Waals surface area contributed by atoms with E-state index in [1.165, 1.54) is 19.2 Å². The highest BCUT2D eigenvalue weighted by Crippen LogP contribution is 2.23. The van der Waals surface area contributed by atoms with Crippen molar-refractivity contribution in [1.29, 1.82) is 0 Å². The Labute approximate surface area is 152 Å². The van der Waals surface area contributed by atoms with Crippen LogP contribution in [0.2, 0.25) is 0 Å². The Hall–Kier alpha value is -2.71. The Bertz CT molecular complexity index is 804. The summed E-state index contributed by atoms with van der Waals surface area (Å²) in [5, 5.41) is 12.1. The van der Waals surface area contributed by atoms with E-state index < -0.39 is 0 Å². The maximum absolute atomic E-state index is 11.9. The lowest BCUT2D eigenvalue weighted by Crippen LogP contribution is -2.48. The number of piperazine rings is 1. The first kappa shape index (κ1) is 16.7. The largest absolute Gasteiger partial charge is 0.360 e. The summed E-state index contributed by atoms with van der Waals surface area (Å²) in [4.78, 5) is 24.3. The molecule has 1 atom stereocenters.